The summed E-state index contributed by atoms with van der Waals surface area (Å²) < 4.78 is 5.29. The second-order valence-electron chi connectivity index (χ2n) is 6.60. The Kier molecular flexibility index (Phi) is 5.43. The fourth-order valence-corrected chi connectivity index (χ4v) is 3.14. The fraction of sp³-hybridized carbons (Fsp3) is 0.556. The number of hydrogen-bond acceptors (Lipinski definition) is 4. The fourth-order valence-electron chi connectivity index (χ4n) is 3.14. The molecule has 0 N–H and O–H groups in total. The number of rotatable bonds is 2. The number of urea groups is 1. The molecule has 136 valence electrons. The first-order chi connectivity index (χ1) is 12.1. The molecule has 0 bridgehead atoms. The Morgan fingerprint density at radius 1 is 0.840 bits per heavy atom. The number of hydrogen-bond donors (Lipinski definition) is 0. The molecule has 7 heteroatoms. The number of anilines is 1. The predicted octanol–water partition coefficient (Wildman–Crippen LogP) is 0.963. The van der Waals surface area contributed by atoms with Crippen LogP contribution in [0.5, 0.6) is 0 Å². The molecule has 0 radical (unpaired) electrons. The van der Waals surface area contributed by atoms with Crippen LogP contribution in [-0.2, 0) is 4.74 Å². The lowest BCUT2D eigenvalue weighted by Gasteiger charge is -2.38. The Bertz CT molecular complexity index is 603. The zero-order chi connectivity index (χ0) is 17.8. The van der Waals surface area contributed by atoms with Gasteiger partial charge >= 0.3 is 6.03 Å². The van der Waals surface area contributed by atoms with Crippen molar-refractivity contribution in [1.29, 1.82) is 0 Å². The second-order valence-corrected chi connectivity index (χ2v) is 6.60. The van der Waals surface area contributed by atoms with Gasteiger partial charge in [-0.3, -0.25) is 4.79 Å². The average molecular weight is 346 g/mol. The third-order valence-corrected chi connectivity index (χ3v) is 4.75. The normalized spacial score (nSPS) is 18.2. The third-order valence-electron chi connectivity index (χ3n) is 4.75. The maximum absolute atomic E-state index is 12.6. The molecule has 2 aliphatic heterocycles. The highest BCUT2D eigenvalue weighted by Crippen LogP contribution is 2.15. The van der Waals surface area contributed by atoms with E-state index in [2.05, 4.69) is 0 Å². The number of carbonyl (C=O) groups excluding carboxylic acids is 2. The lowest BCUT2D eigenvalue weighted by Crippen LogP contribution is -2.55. The zero-order valence-electron chi connectivity index (χ0n) is 15.0. The largest absolute Gasteiger partial charge is 0.378 e. The molecule has 7 nitrogen and oxygen atoms in total. The lowest BCUT2D eigenvalue weighted by molar-refractivity contribution is 0.0362. The van der Waals surface area contributed by atoms with Gasteiger partial charge in [0.25, 0.3) is 5.91 Å². The Morgan fingerprint density at radius 2 is 1.36 bits per heavy atom. The SMILES string of the molecule is CN(C)c1ccc(C(=O)N2CCN(C(=O)N3CCOCC3)CC2)cc1. The second kappa shape index (κ2) is 7.74. The topological polar surface area (TPSA) is 56.3 Å². The summed E-state index contributed by atoms with van der Waals surface area (Å²) in [5.74, 6) is 0.0313. The van der Waals surface area contributed by atoms with Gasteiger partial charge in [0.1, 0.15) is 0 Å². The Balaban J connectivity index is 1.54. The first kappa shape index (κ1) is 17.5. The van der Waals surface area contributed by atoms with Gasteiger partial charge < -0.3 is 24.3 Å². The molecule has 25 heavy (non-hydrogen) atoms. The van der Waals surface area contributed by atoms with Gasteiger partial charge in [-0.1, -0.05) is 0 Å². The van der Waals surface area contributed by atoms with E-state index >= 15 is 0 Å². The number of benzene rings is 1. The van der Waals surface area contributed by atoms with Crippen LogP contribution in [0.25, 0.3) is 0 Å². The number of ether oxygens (including phenoxy) is 1. The Morgan fingerprint density at radius 3 is 1.92 bits per heavy atom. The number of piperazine rings is 1. The number of carbonyl (C=O) groups is 2. The van der Waals surface area contributed by atoms with E-state index in [1.54, 1.807) is 0 Å². The summed E-state index contributed by atoms with van der Waals surface area (Å²) in [5, 5.41) is 0. The minimum Gasteiger partial charge on any atom is -0.378 e. The van der Waals surface area contributed by atoms with E-state index in [1.165, 1.54) is 0 Å². The van der Waals surface area contributed by atoms with Crippen molar-refractivity contribution in [3.05, 3.63) is 29.8 Å². The van der Waals surface area contributed by atoms with Gasteiger partial charge in [-0.25, -0.2) is 4.79 Å². The maximum Gasteiger partial charge on any atom is 0.320 e. The van der Waals surface area contributed by atoms with Gasteiger partial charge in [0.05, 0.1) is 13.2 Å². The van der Waals surface area contributed by atoms with Crippen LogP contribution in [0.3, 0.4) is 0 Å². The number of morpholine rings is 1. The van der Waals surface area contributed by atoms with E-state index in [9.17, 15) is 9.59 Å². The van der Waals surface area contributed by atoms with E-state index in [1.807, 2.05) is 58.0 Å². The average Bonchev–Trinajstić information content (AvgIpc) is 2.67. The van der Waals surface area contributed by atoms with Crippen LogP contribution >= 0.6 is 0 Å². The highest BCUT2D eigenvalue weighted by molar-refractivity contribution is 5.94. The monoisotopic (exact) mass is 346 g/mol. The summed E-state index contributed by atoms with van der Waals surface area (Å²) in [6, 6.07) is 7.69. The van der Waals surface area contributed by atoms with Crippen LogP contribution in [0, 0.1) is 0 Å². The number of nitrogens with zero attached hydrogens (tertiary/aromatic N) is 4. The molecule has 2 fully saturated rings. The first-order valence-electron chi connectivity index (χ1n) is 8.74. The number of amides is 3. The quantitative estimate of drug-likeness (QED) is 0.801. The van der Waals surface area contributed by atoms with Crippen LogP contribution < -0.4 is 4.90 Å². The molecule has 3 rings (SSSR count). The Hall–Kier alpha value is -2.28. The predicted molar refractivity (Wildman–Crippen MR) is 96.0 cm³/mol. The highest BCUT2D eigenvalue weighted by atomic mass is 16.5. The molecular weight excluding hydrogens is 320 g/mol. The van der Waals surface area contributed by atoms with E-state index in [-0.39, 0.29) is 11.9 Å². The smallest absolute Gasteiger partial charge is 0.320 e. The van der Waals surface area contributed by atoms with E-state index < -0.39 is 0 Å². The summed E-state index contributed by atoms with van der Waals surface area (Å²) in [4.78, 5) is 32.6. The molecule has 0 aromatic heterocycles. The third kappa shape index (κ3) is 4.04. The van der Waals surface area contributed by atoms with Gasteiger partial charge in [-0.2, -0.15) is 0 Å². The maximum atomic E-state index is 12.6. The van der Waals surface area contributed by atoms with Crippen molar-refractivity contribution in [2.75, 3.05) is 71.5 Å². The molecule has 0 aliphatic carbocycles. The van der Waals surface area contributed by atoms with Crippen molar-refractivity contribution < 1.29 is 14.3 Å². The summed E-state index contributed by atoms with van der Waals surface area (Å²) in [7, 11) is 3.95. The molecular formula is C18H26N4O3. The minimum absolute atomic E-state index is 0.0313. The molecule has 0 spiro atoms. The summed E-state index contributed by atoms with van der Waals surface area (Å²) in [6.45, 7) is 4.82. The molecule has 2 aliphatic rings. The molecule has 0 unspecified atom stereocenters. The van der Waals surface area contributed by atoms with Gasteiger partial charge in [0.15, 0.2) is 0 Å². The highest BCUT2D eigenvalue weighted by Gasteiger charge is 2.28. The molecule has 1 aromatic rings. The van der Waals surface area contributed by atoms with Crippen LogP contribution in [-0.4, -0.2) is 93.2 Å². The van der Waals surface area contributed by atoms with Crippen molar-refractivity contribution in [3.8, 4) is 0 Å². The molecule has 0 saturated carbocycles. The van der Waals surface area contributed by atoms with E-state index in [4.69, 9.17) is 4.74 Å². The van der Waals surface area contributed by atoms with Crippen molar-refractivity contribution >= 4 is 17.6 Å². The van der Waals surface area contributed by atoms with Crippen LogP contribution in [0.4, 0.5) is 10.5 Å². The molecule has 2 heterocycles. The summed E-state index contributed by atoms with van der Waals surface area (Å²) >= 11 is 0. The molecule has 2 saturated heterocycles. The van der Waals surface area contributed by atoms with Crippen molar-refractivity contribution in [2.24, 2.45) is 0 Å². The molecule has 0 atom stereocenters. The van der Waals surface area contributed by atoms with Crippen LogP contribution in [0.15, 0.2) is 24.3 Å². The summed E-state index contributed by atoms with van der Waals surface area (Å²) in [5.41, 5.74) is 1.76. The van der Waals surface area contributed by atoms with E-state index in [0.29, 0.717) is 58.0 Å². The van der Waals surface area contributed by atoms with Gasteiger partial charge in [-0.05, 0) is 24.3 Å². The van der Waals surface area contributed by atoms with Crippen molar-refractivity contribution in [1.82, 2.24) is 14.7 Å². The first-order valence-corrected chi connectivity index (χ1v) is 8.74. The van der Waals surface area contributed by atoms with Crippen LogP contribution in [0.2, 0.25) is 0 Å². The summed E-state index contributed by atoms with van der Waals surface area (Å²) in [6.07, 6.45) is 0. The van der Waals surface area contributed by atoms with Gasteiger partial charge in [0, 0.05) is 64.6 Å². The van der Waals surface area contributed by atoms with Gasteiger partial charge in [-0.15, -0.1) is 0 Å². The minimum atomic E-state index is 0.0313. The standard InChI is InChI=1S/C18H26N4O3/c1-19(2)16-5-3-15(4-6-16)17(23)20-7-9-21(10-8-20)18(24)22-11-13-25-14-12-22/h3-6H,7-14H2,1-2H3. The zero-order valence-corrected chi connectivity index (χ0v) is 15.0. The van der Waals surface area contributed by atoms with E-state index in [0.717, 1.165) is 5.69 Å². The lowest BCUT2D eigenvalue weighted by atomic mass is 10.1. The molecule has 3 amide bonds. The van der Waals surface area contributed by atoms with Crippen molar-refractivity contribution in [2.45, 2.75) is 0 Å². The Labute approximate surface area is 148 Å². The van der Waals surface area contributed by atoms with Gasteiger partial charge in [0.2, 0.25) is 0 Å². The van der Waals surface area contributed by atoms with Crippen molar-refractivity contribution in [3.63, 3.8) is 0 Å². The molecule has 1 aromatic carbocycles. The van der Waals surface area contributed by atoms with Crippen LogP contribution in [0.1, 0.15) is 10.4 Å².